The molecule has 0 aliphatic heterocycles. The Hall–Kier alpha value is -1.95. The van der Waals surface area contributed by atoms with Crippen LogP contribution in [0.25, 0.3) is 10.1 Å². The number of carboxylic acids is 1. The van der Waals surface area contributed by atoms with Gasteiger partial charge in [0.05, 0.1) is 4.88 Å². The number of halogens is 1. The first-order valence-corrected chi connectivity index (χ1v) is 6.96. The van der Waals surface area contributed by atoms with Crippen molar-refractivity contribution < 1.29 is 19.1 Å². The second-order valence-electron chi connectivity index (χ2n) is 4.38. The lowest BCUT2D eigenvalue weighted by molar-refractivity contribution is -0.137. The summed E-state index contributed by atoms with van der Waals surface area (Å²) in [5.74, 6) is -1.80. The molecule has 1 aromatic heterocycles. The number of fused-ring (bicyclic) bond motifs is 1. The van der Waals surface area contributed by atoms with E-state index in [2.05, 4.69) is 0 Å². The molecule has 0 aliphatic rings. The fraction of sp³-hybridized carbons (Fsp3) is 0.286. The standard InChI is InChI=1S/C14H14FNO3S/c1-3-16(7-11(17)18)14(19)13-8(2)12-9(15)5-4-6-10(12)20-13/h4-6H,3,7H2,1-2H3,(H,17,18). The normalized spacial score (nSPS) is 10.8. The largest absolute Gasteiger partial charge is 0.480 e. The van der Waals surface area contributed by atoms with Crippen molar-refractivity contribution in [1.29, 1.82) is 0 Å². The van der Waals surface area contributed by atoms with Crippen molar-refractivity contribution in [2.75, 3.05) is 13.1 Å². The van der Waals surface area contributed by atoms with Crippen LogP contribution in [0.15, 0.2) is 18.2 Å². The van der Waals surface area contributed by atoms with Gasteiger partial charge in [-0.2, -0.15) is 0 Å². The van der Waals surface area contributed by atoms with Crippen LogP contribution in [0.5, 0.6) is 0 Å². The van der Waals surface area contributed by atoms with Gasteiger partial charge in [-0.05, 0) is 31.5 Å². The van der Waals surface area contributed by atoms with E-state index < -0.39 is 5.97 Å². The highest BCUT2D eigenvalue weighted by atomic mass is 32.1. The molecule has 0 radical (unpaired) electrons. The monoisotopic (exact) mass is 295 g/mol. The predicted octanol–water partition coefficient (Wildman–Crippen LogP) is 2.90. The van der Waals surface area contributed by atoms with Gasteiger partial charge >= 0.3 is 5.97 Å². The molecule has 0 saturated carbocycles. The molecule has 6 heteroatoms. The summed E-state index contributed by atoms with van der Waals surface area (Å²) in [6, 6.07) is 4.70. The fourth-order valence-corrected chi connectivity index (χ4v) is 3.28. The number of aliphatic carboxylic acids is 1. The third kappa shape index (κ3) is 2.51. The molecule has 4 nitrogen and oxygen atoms in total. The minimum atomic E-state index is -1.06. The van der Waals surface area contributed by atoms with Crippen molar-refractivity contribution in [3.05, 3.63) is 34.5 Å². The second kappa shape index (κ2) is 5.58. The smallest absolute Gasteiger partial charge is 0.323 e. The minimum Gasteiger partial charge on any atom is -0.480 e. The molecule has 0 spiro atoms. The molecule has 0 unspecified atom stereocenters. The second-order valence-corrected chi connectivity index (χ2v) is 5.43. The van der Waals surface area contributed by atoms with Crippen LogP contribution >= 0.6 is 11.3 Å². The van der Waals surface area contributed by atoms with Gasteiger partial charge in [0.25, 0.3) is 5.91 Å². The summed E-state index contributed by atoms with van der Waals surface area (Å²) in [4.78, 5) is 24.8. The molecule has 106 valence electrons. The van der Waals surface area contributed by atoms with Crippen LogP contribution in [0.1, 0.15) is 22.2 Å². The van der Waals surface area contributed by atoms with Gasteiger partial charge in [-0.3, -0.25) is 9.59 Å². The first kappa shape index (κ1) is 14.5. The number of likely N-dealkylation sites (N-methyl/N-ethyl adjacent to an activating group) is 1. The van der Waals surface area contributed by atoms with Gasteiger partial charge < -0.3 is 10.0 Å². The van der Waals surface area contributed by atoms with Crippen LogP contribution in [-0.4, -0.2) is 35.0 Å². The third-order valence-corrected chi connectivity index (χ3v) is 4.34. The maximum absolute atomic E-state index is 13.8. The molecule has 0 fully saturated rings. The highest BCUT2D eigenvalue weighted by Crippen LogP contribution is 2.33. The van der Waals surface area contributed by atoms with Crippen LogP contribution < -0.4 is 0 Å². The number of thiophene rings is 1. The molecule has 0 atom stereocenters. The topological polar surface area (TPSA) is 57.6 Å². The molecule has 0 aliphatic carbocycles. The van der Waals surface area contributed by atoms with Crippen molar-refractivity contribution in [2.45, 2.75) is 13.8 Å². The highest BCUT2D eigenvalue weighted by molar-refractivity contribution is 7.21. The van der Waals surface area contributed by atoms with E-state index in [9.17, 15) is 14.0 Å². The van der Waals surface area contributed by atoms with E-state index in [0.717, 1.165) is 0 Å². The molecule has 1 heterocycles. The minimum absolute atomic E-state index is 0.293. The summed E-state index contributed by atoms with van der Waals surface area (Å²) in [6.45, 7) is 3.33. The number of nitrogens with zero attached hydrogens (tertiary/aromatic N) is 1. The zero-order chi connectivity index (χ0) is 14.9. The Balaban J connectivity index is 2.47. The van der Waals surface area contributed by atoms with Gasteiger partial charge in [-0.25, -0.2) is 4.39 Å². The molecule has 0 saturated heterocycles. The maximum Gasteiger partial charge on any atom is 0.323 e. The summed E-state index contributed by atoms with van der Waals surface area (Å²) in [5, 5.41) is 9.25. The summed E-state index contributed by atoms with van der Waals surface area (Å²) in [5.41, 5.74) is 0.567. The number of carboxylic acid groups (broad SMARTS) is 1. The van der Waals surface area contributed by atoms with Crippen molar-refractivity contribution in [3.8, 4) is 0 Å². The summed E-state index contributed by atoms with van der Waals surface area (Å²) in [7, 11) is 0. The Morgan fingerprint density at radius 2 is 2.10 bits per heavy atom. The molecule has 0 bridgehead atoms. The predicted molar refractivity (Wildman–Crippen MR) is 75.7 cm³/mol. The average Bonchev–Trinajstić information content (AvgIpc) is 2.73. The molecule has 1 aromatic carbocycles. The SMILES string of the molecule is CCN(CC(=O)O)C(=O)c1sc2cccc(F)c2c1C. The lowest BCUT2D eigenvalue weighted by atomic mass is 10.1. The fourth-order valence-electron chi connectivity index (χ4n) is 2.09. The van der Waals surface area contributed by atoms with E-state index in [0.29, 0.717) is 27.1 Å². The molecule has 2 aromatic rings. The van der Waals surface area contributed by atoms with Crippen LogP contribution in [0.4, 0.5) is 4.39 Å². The molecule has 2 rings (SSSR count). The first-order valence-electron chi connectivity index (χ1n) is 6.14. The zero-order valence-corrected chi connectivity index (χ0v) is 12.0. The molecule has 1 amide bonds. The van der Waals surface area contributed by atoms with Crippen molar-refractivity contribution >= 4 is 33.3 Å². The number of aryl methyl sites for hydroxylation is 1. The van der Waals surface area contributed by atoms with Crippen LogP contribution in [-0.2, 0) is 4.79 Å². The Bertz CT molecular complexity index is 680. The quantitative estimate of drug-likeness (QED) is 0.943. The Morgan fingerprint density at radius 1 is 1.40 bits per heavy atom. The molecular formula is C14H14FNO3S. The summed E-state index contributed by atoms with van der Waals surface area (Å²) < 4.78 is 14.5. The van der Waals surface area contributed by atoms with Crippen molar-refractivity contribution in [1.82, 2.24) is 4.90 Å². The average molecular weight is 295 g/mol. The van der Waals surface area contributed by atoms with Gasteiger partial charge in [0.15, 0.2) is 0 Å². The van der Waals surface area contributed by atoms with Gasteiger partial charge in [-0.15, -0.1) is 11.3 Å². The Kier molecular flexibility index (Phi) is 4.04. The van der Waals surface area contributed by atoms with Crippen molar-refractivity contribution in [2.24, 2.45) is 0 Å². The van der Waals surface area contributed by atoms with Gasteiger partial charge in [0.2, 0.25) is 0 Å². The van der Waals surface area contributed by atoms with Crippen LogP contribution in [0.3, 0.4) is 0 Å². The number of hydrogen-bond donors (Lipinski definition) is 1. The number of rotatable bonds is 4. The van der Waals surface area contributed by atoms with E-state index in [1.807, 2.05) is 0 Å². The molecular weight excluding hydrogens is 281 g/mol. The maximum atomic E-state index is 13.8. The van der Waals surface area contributed by atoms with Gasteiger partial charge in [0.1, 0.15) is 12.4 Å². The van der Waals surface area contributed by atoms with Gasteiger partial charge in [-0.1, -0.05) is 6.07 Å². The van der Waals surface area contributed by atoms with E-state index in [1.54, 1.807) is 26.0 Å². The van der Waals surface area contributed by atoms with Crippen LogP contribution in [0.2, 0.25) is 0 Å². The Morgan fingerprint density at radius 3 is 2.65 bits per heavy atom. The van der Waals surface area contributed by atoms with E-state index in [-0.39, 0.29) is 18.3 Å². The number of amides is 1. The molecule has 1 N–H and O–H groups in total. The van der Waals surface area contributed by atoms with Crippen molar-refractivity contribution in [3.63, 3.8) is 0 Å². The zero-order valence-electron chi connectivity index (χ0n) is 11.1. The highest BCUT2D eigenvalue weighted by Gasteiger charge is 2.23. The number of carbonyl (C=O) groups excluding carboxylic acids is 1. The lowest BCUT2D eigenvalue weighted by Gasteiger charge is -2.17. The van der Waals surface area contributed by atoms with Gasteiger partial charge in [0, 0.05) is 16.6 Å². The Labute approximate surface area is 119 Å². The molecule has 20 heavy (non-hydrogen) atoms. The lowest BCUT2D eigenvalue weighted by Crippen LogP contribution is -2.35. The van der Waals surface area contributed by atoms with Crippen LogP contribution in [0, 0.1) is 12.7 Å². The summed E-state index contributed by atoms with van der Waals surface area (Å²) in [6.07, 6.45) is 0. The first-order chi connectivity index (χ1) is 9.45. The number of benzene rings is 1. The number of hydrogen-bond acceptors (Lipinski definition) is 3. The third-order valence-electron chi connectivity index (χ3n) is 3.09. The number of carbonyl (C=O) groups is 2. The van der Waals surface area contributed by atoms with E-state index >= 15 is 0 Å². The summed E-state index contributed by atoms with van der Waals surface area (Å²) >= 11 is 1.19. The van der Waals surface area contributed by atoms with E-state index in [4.69, 9.17) is 5.11 Å². The van der Waals surface area contributed by atoms with E-state index in [1.165, 1.54) is 22.3 Å².